The van der Waals surface area contributed by atoms with Gasteiger partial charge in [-0.25, -0.2) is 4.39 Å². The molecule has 2 radical (unpaired) electrons. The van der Waals surface area contributed by atoms with Crippen LogP contribution in [-0.2, 0) is 6.54 Å². The number of aromatic nitrogens is 1. The summed E-state index contributed by atoms with van der Waals surface area (Å²) in [6.45, 7) is 0.116. The minimum atomic E-state index is -0.683. The smallest absolute Gasteiger partial charge is 0.250 e. The number of pyridine rings is 1. The first kappa shape index (κ1) is 12.3. The van der Waals surface area contributed by atoms with Gasteiger partial charge in [0.1, 0.15) is 11.5 Å². The van der Waals surface area contributed by atoms with Crippen LogP contribution in [0.2, 0.25) is 0 Å². The van der Waals surface area contributed by atoms with Crippen molar-refractivity contribution in [3.8, 4) is 0 Å². The Morgan fingerprint density at radius 1 is 1.28 bits per heavy atom. The molecule has 18 heavy (non-hydrogen) atoms. The molecule has 0 N–H and O–H groups in total. The van der Waals surface area contributed by atoms with Gasteiger partial charge in [0.05, 0.1) is 6.54 Å². The highest BCUT2D eigenvalue weighted by atomic mass is 19.1. The number of carbonyl (C=O) groups excluding carboxylic acids is 1. The van der Waals surface area contributed by atoms with Gasteiger partial charge < -0.3 is 9.36 Å². The summed E-state index contributed by atoms with van der Waals surface area (Å²) in [5.41, 5.74) is -0.460. The van der Waals surface area contributed by atoms with Crippen molar-refractivity contribution in [3.05, 3.63) is 69.9 Å². The van der Waals surface area contributed by atoms with Gasteiger partial charge >= 0.3 is 0 Å². The molecule has 2 aromatic rings. The lowest BCUT2D eigenvalue weighted by Crippen LogP contribution is -2.19. The summed E-state index contributed by atoms with van der Waals surface area (Å²) in [6.07, 6.45) is 1.57. The number of hydrogen-bond acceptors (Lipinski definition) is 2. The summed E-state index contributed by atoms with van der Waals surface area (Å²) in [7, 11) is 5.05. The van der Waals surface area contributed by atoms with Crippen LogP contribution in [0.1, 0.15) is 15.9 Å². The molecule has 1 heterocycles. The van der Waals surface area contributed by atoms with Gasteiger partial charge in [-0.3, -0.25) is 4.79 Å². The quantitative estimate of drug-likeness (QED) is 0.760. The number of halogens is 1. The Morgan fingerprint density at radius 2 is 2.06 bits per heavy atom. The highest BCUT2D eigenvalue weighted by Gasteiger charge is 2.07. The van der Waals surface area contributed by atoms with Crippen LogP contribution in [0, 0.1) is 5.82 Å². The van der Waals surface area contributed by atoms with Crippen molar-refractivity contribution >= 4 is 13.5 Å². The van der Waals surface area contributed by atoms with E-state index in [-0.39, 0.29) is 17.7 Å². The van der Waals surface area contributed by atoms with Gasteiger partial charge in [-0.15, -0.1) is 0 Å². The van der Waals surface area contributed by atoms with Crippen molar-refractivity contribution in [2.45, 2.75) is 6.54 Å². The predicted molar refractivity (Wildman–Crippen MR) is 66.3 cm³/mol. The molecule has 0 fully saturated rings. The molecule has 0 amide bonds. The second-order valence-electron chi connectivity index (χ2n) is 3.84. The highest BCUT2D eigenvalue weighted by Crippen LogP contribution is 2.11. The predicted octanol–water partition coefficient (Wildman–Crippen LogP) is 1.34. The summed E-state index contributed by atoms with van der Waals surface area (Å²) in [5, 5.41) is 0. The third-order valence-corrected chi connectivity index (χ3v) is 2.58. The molecule has 0 bridgehead atoms. The van der Waals surface area contributed by atoms with Gasteiger partial charge in [-0.1, -0.05) is 18.2 Å². The molecule has 1 aromatic carbocycles. The van der Waals surface area contributed by atoms with Gasteiger partial charge in [0, 0.05) is 23.4 Å². The molecule has 0 aliphatic rings. The van der Waals surface area contributed by atoms with E-state index < -0.39 is 11.5 Å². The SMILES string of the molecule is [B]C(=O)c1ccc(Cn2ccccc2=O)c(F)c1. The summed E-state index contributed by atoms with van der Waals surface area (Å²) in [4.78, 5) is 22.4. The first-order valence-corrected chi connectivity index (χ1v) is 5.31. The molecule has 0 saturated carbocycles. The van der Waals surface area contributed by atoms with Crippen LogP contribution in [0.15, 0.2) is 47.4 Å². The maximum Gasteiger partial charge on any atom is 0.250 e. The Balaban J connectivity index is 2.33. The number of hydrogen-bond donors (Lipinski definition) is 0. The minimum Gasteiger partial charge on any atom is -0.311 e. The molecule has 0 atom stereocenters. The molecular weight excluding hydrogens is 232 g/mol. The lowest BCUT2D eigenvalue weighted by Gasteiger charge is -2.07. The average molecular weight is 241 g/mol. The van der Waals surface area contributed by atoms with E-state index >= 15 is 0 Å². The topological polar surface area (TPSA) is 39.1 Å². The van der Waals surface area contributed by atoms with E-state index in [1.165, 1.54) is 22.8 Å². The average Bonchev–Trinajstić information content (AvgIpc) is 2.34. The lowest BCUT2D eigenvalue weighted by molar-refractivity contribution is 0.108. The van der Waals surface area contributed by atoms with Crippen molar-refractivity contribution in [1.29, 1.82) is 0 Å². The van der Waals surface area contributed by atoms with Crippen LogP contribution in [0.25, 0.3) is 0 Å². The van der Waals surface area contributed by atoms with Crippen molar-refractivity contribution < 1.29 is 9.18 Å². The Bertz CT molecular complexity index is 651. The fourth-order valence-corrected chi connectivity index (χ4v) is 1.60. The Morgan fingerprint density at radius 3 is 2.67 bits per heavy atom. The van der Waals surface area contributed by atoms with E-state index in [1.807, 2.05) is 0 Å². The van der Waals surface area contributed by atoms with Crippen LogP contribution in [-0.4, -0.2) is 18.1 Å². The van der Waals surface area contributed by atoms with E-state index in [1.54, 1.807) is 18.3 Å². The fraction of sp³-hybridized carbons (Fsp3) is 0.0769. The number of rotatable bonds is 3. The van der Waals surface area contributed by atoms with Crippen molar-refractivity contribution in [2.75, 3.05) is 0 Å². The van der Waals surface area contributed by atoms with E-state index in [4.69, 9.17) is 7.85 Å². The molecule has 88 valence electrons. The molecule has 5 heteroatoms. The Kier molecular flexibility index (Phi) is 3.41. The van der Waals surface area contributed by atoms with Crippen molar-refractivity contribution in [2.24, 2.45) is 0 Å². The van der Waals surface area contributed by atoms with Gasteiger partial charge in [-0.2, -0.15) is 0 Å². The third kappa shape index (κ3) is 2.56. The Hall–Kier alpha value is -2.17. The van der Waals surface area contributed by atoms with Gasteiger partial charge in [0.2, 0.25) is 0 Å². The van der Waals surface area contributed by atoms with E-state index in [2.05, 4.69) is 0 Å². The fourth-order valence-electron chi connectivity index (χ4n) is 1.60. The van der Waals surface area contributed by atoms with Gasteiger partial charge in [0.15, 0.2) is 7.85 Å². The first-order valence-electron chi connectivity index (χ1n) is 5.31. The van der Waals surface area contributed by atoms with Crippen LogP contribution in [0.5, 0.6) is 0 Å². The second-order valence-corrected chi connectivity index (χ2v) is 3.84. The lowest BCUT2D eigenvalue weighted by atomic mass is 9.94. The molecule has 2 rings (SSSR count). The number of carbonyl (C=O) groups is 1. The molecule has 1 aromatic heterocycles. The molecule has 0 spiro atoms. The second kappa shape index (κ2) is 5.00. The maximum absolute atomic E-state index is 13.7. The van der Waals surface area contributed by atoms with E-state index in [0.29, 0.717) is 5.56 Å². The zero-order valence-corrected chi connectivity index (χ0v) is 9.47. The van der Waals surface area contributed by atoms with Crippen LogP contribution >= 0.6 is 0 Å². The van der Waals surface area contributed by atoms with Crippen LogP contribution in [0.4, 0.5) is 4.39 Å². The van der Waals surface area contributed by atoms with Crippen LogP contribution < -0.4 is 5.56 Å². The number of nitrogens with zero attached hydrogens (tertiary/aromatic N) is 1. The molecule has 0 aliphatic carbocycles. The molecule has 0 saturated heterocycles. The van der Waals surface area contributed by atoms with Gasteiger partial charge in [0.25, 0.3) is 5.56 Å². The molecular formula is C13H9BFNO2. The largest absolute Gasteiger partial charge is 0.311 e. The first-order chi connectivity index (χ1) is 8.58. The standard InChI is InChI=1S/C13H9BFNO2/c14-13(18)9-4-5-10(11(15)7-9)8-16-6-2-1-3-12(16)17/h1-7H,8H2. The zero-order chi connectivity index (χ0) is 13.1. The summed E-state index contributed by atoms with van der Waals surface area (Å²) >= 11 is 0. The molecule has 3 nitrogen and oxygen atoms in total. The Labute approximate surface area is 104 Å². The zero-order valence-electron chi connectivity index (χ0n) is 9.47. The molecule has 0 unspecified atom stereocenters. The monoisotopic (exact) mass is 241 g/mol. The van der Waals surface area contributed by atoms with Crippen LogP contribution in [0.3, 0.4) is 0 Å². The van der Waals surface area contributed by atoms with Gasteiger partial charge in [-0.05, 0) is 12.1 Å². The summed E-state index contributed by atoms with van der Waals surface area (Å²) in [6, 6.07) is 8.67. The van der Waals surface area contributed by atoms with Crippen molar-refractivity contribution in [1.82, 2.24) is 4.57 Å². The van der Waals surface area contributed by atoms with E-state index in [9.17, 15) is 14.0 Å². The summed E-state index contributed by atoms with van der Waals surface area (Å²) < 4.78 is 15.1. The summed E-state index contributed by atoms with van der Waals surface area (Å²) in [5.74, 6) is -0.554. The van der Waals surface area contributed by atoms with E-state index in [0.717, 1.165) is 6.07 Å². The normalized spacial score (nSPS) is 10.3. The van der Waals surface area contributed by atoms with Crippen molar-refractivity contribution in [3.63, 3.8) is 0 Å². The minimum absolute atomic E-state index is 0.108. The maximum atomic E-state index is 13.7. The highest BCUT2D eigenvalue weighted by molar-refractivity contribution is 6.62. The third-order valence-electron chi connectivity index (χ3n) is 2.58. The molecule has 0 aliphatic heterocycles. The number of benzene rings is 1.